The van der Waals surface area contributed by atoms with E-state index < -0.39 is 17.4 Å². The lowest BCUT2D eigenvalue weighted by Crippen LogP contribution is -2.41. The molecule has 3 atom stereocenters. The number of fused-ring (bicyclic) bond motifs is 4. The Morgan fingerprint density at radius 2 is 1.95 bits per heavy atom. The summed E-state index contributed by atoms with van der Waals surface area (Å²) in [5.41, 5.74) is -0.313. The van der Waals surface area contributed by atoms with Gasteiger partial charge < -0.3 is 14.2 Å². The zero-order valence-electron chi connectivity index (χ0n) is 12.1. The molecule has 110 valence electrons. The SMILES string of the molecule is COC(=O)C1(C(=O)OC)CC2=C[C@@H]3CC[C@@](C)(O3)[C@@H]2C1. The van der Waals surface area contributed by atoms with Crippen LogP contribution in [0.15, 0.2) is 11.6 Å². The molecule has 0 N–H and O–H groups in total. The van der Waals surface area contributed by atoms with Crippen molar-refractivity contribution in [3.8, 4) is 0 Å². The van der Waals surface area contributed by atoms with Gasteiger partial charge in [0.25, 0.3) is 0 Å². The summed E-state index contributed by atoms with van der Waals surface area (Å²) in [6.45, 7) is 2.08. The number of carbonyl (C=O) groups is 2. The molecule has 20 heavy (non-hydrogen) atoms. The van der Waals surface area contributed by atoms with Crippen LogP contribution in [0.4, 0.5) is 0 Å². The largest absolute Gasteiger partial charge is 0.468 e. The van der Waals surface area contributed by atoms with Crippen LogP contribution in [0.5, 0.6) is 0 Å². The summed E-state index contributed by atoms with van der Waals surface area (Å²) in [5.74, 6) is -0.905. The predicted molar refractivity (Wildman–Crippen MR) is 69.8 cm³/mol. The van der Waals surface area contributed by atoms with Gasteiger partial charge in [-0.3, -0.25) is 9.59 Å². The number of hydrogen-bond acceptors (Lipinski definition) is 5. The molecular weight excluding hydrogens is 260 g/mol. The van der Waals surface area contributed by atoms with E-state index in [2.05, 4.69) is 13.0 Å². The molecule has 0 spiro atoms. The summed E-state index contributed by atoms with van der Waals surface area (Å²) < 4.78 is 15.8. The van der Waals surface area contributed by atoms with Crippen LogP contribution >= 0.6 is 0 Å². The second-order valence-electron chi connectivity index (χ2n) is 6.25. The maximum absolute atomic E-state index is 12.2. The van der Waals surface area contributed by atoms with Crippen molar-refractivity contribution in [3.05, 3.63) is 11.6 Å². The molecule has 2 fully saturated rings. The van der Waals surface area contributed by atoms with Gasteiger partial charge in [-0.2, -0.15) is 0 Å². The zero-order chi connectivity index (χ0) is 14.5. The van der Waals surface area contributed by atoms with Gasteiger partial charge in [-0.25, -0.2) is 0 Å². The lowest BCUT2D eigenvalue weighted by Gasteiger charge is -2.36. The first-order chi connectivity index (χ1) is 9.45. The third-order valence-electron chi connectivity index (χ3n) is 5.14. The average Bonchev–Trinajstić information content (AvgIpc) is 2.99. The van der Waals surface area contributed by atoms with E-state index >= 15 is 0 Å². The fourth-order valence-corrected chi connectivity index (χ4v) is 4.10. The molecule has 2 bridgehead atoms. The van der Waals surface area contributed by atoms with Crippen LogP contribution in [0.1, 0.15) is 32.6 Å². The smallest absolute Gasteiger partial charge is 0.323 e. The number of esters is 2. The van der Waals surface area contributed by atoms with Gasteiger partial charge in [0.15, 0.2) is 5.41 Å². The average molecular weight is 280 g/mol. The van der Waals surface area contributed by atoms with Gasteiger partial charge in [0, 0.05) is 5.92 Å². The first kappa shape index (κ1) is 13.6. The Hall–Kier alpha value is -1.36. The van der Waals surface area contributed by atoms with Gasteiger partial charge in [-0.15, -0.1) is 0 Å². The molecule has 1 saturated carbocycles. The highest BCUT2D eigenvalue weighted by Gasteiger charge is 2.61. The van der Waals surface area contributed by atoms with Crippen molar-refractivity contribution in [1.82, 2.24) is 0 Å². The van der Waals surface area contributed by atoms with E-state index in [9.17, 15) is 9.59 Å². The Morgan fingerprint density at radius 1 is 1.30 bits per heavy atom. The molecule has 1 aliphatic carbocycles. The number of methoxy groups -OCH3 is 2. The first-order valence-corrected chi connectivity index (χ1v) is 7.00. The minimum atomic E-state index is -1.20. The molecule has 0 aromatic heterocycles. The normalized spacial score (nSPS) is 37.0. The molecule has 5 nitrogen and oxygen atoms in total. The maximum atomic E-state index is 12.2. The highest BCUT2D eigenvalue weighted by Crippen LogP contribution is 2.57. The second kappa shape index (κ2) is 4.32. The van der Waals surface area contributed by atoms with E-state index in [1.54, 1.807) is 0 Å². The molecule has 3 rings (SSSR count). The Bertz CT molecular complexity index is 478. The van der Waals surface area contributed by atoms with E-state index in [1.165, 1.54) is 14.2 Å². The Morgan fingerprint density at radius 3 is 2.55 bits per heavy atom. The van der Waals surface area contributed by atoms with Crippen LogP contribution in [0.25, 0.3) is 0 Å². The molecule has 0 aromatic carbocycles. The van der Waals surface area contributed by atoms with Crippen molar-refractivity contribution in [3.63, 3.8) is 0 Å². The molecule has 1 saturated heterocycles. The molecule has 0 radical (unpaired) electrons. The summed E-state index contributed by atoms with van der Waals surface area (Å²) in [7, 11) is 2.63. The van der Waals surface area contributed by atoms with Crippen LogP contribution in [0, 0.1) is 11.3 Å². The summed E-state index contributed by atoms with van der Waals surface area (Å²) >= 11 is 0. The lowest BCUT2D eigenvalue weighted by atomic mass is 9.80. The van der Waals surface area contributed by atoms with Crippen molar-refractivity contribution in [2.24, 2.45) is 11.3 Å². The highest BCUT2D eigenvalue weighted by molar-refractivity contribution is 6.01. The molecule has 3 aliphatic rings. The predicted octanol–water partition coefficient (Wildman–Crippen LogP) is 1.61. The molecule has 0 unspecified atom stereocenters. The van der Waals surface area contributed by atoms with Crippen molar-refractivity contribution in [2.45, 2.75) is 44.3 Å². The van der Waals surface area contributed by atoms with Gasteiger partial charge in [-0.05, 0) is 32.6 Å². The standard InChI is InChI=1S/C15H20O5/c1-14-5-4-10(20-14)6-9-7-15(8-11(9)14,12(16)18-2)13(17)19-3/h6,10-11H,4-5,7-8H2,1-3H3/t10-,11+,14+/m0/s1. The third kappa shape index (κ3) is 1.65. The minimum absolute atomic E-state index is 0.0967. The third-order valence-corrected chi connectivity index (χ3v) is 5.14. The van der Waals surface area contributed by atoms with Crippen molar-refractivity contribution < 1.29 is 23.8 Å². The monoisotopic (exact) mass is 280 g/mol. The van der Waals surface area contributed by atoms with E-state index in [0.717, 1.165) is 18.4 Å². The molecule has 0 aromatic rings. The Balaban J connectivity index is 2.00. The fraction of sp³-hybridized carbons (Fsp3) is 0.733. The van der Waals surface area contributed by atoms with E-state index in [-0.39, 0.29) is 17.6 Å². The van der Waals surface area contributed by atoms with Gasteiger partial charge in [-0.1, -0.05) is 11.6 Å². The molecule has 2 heterocycles. The summed E-state index contributed by atoms with van der Waals surface area (Å²) in [6, 6.07) is 0. The van der Waals surface area contributed by atoms with Crippen LogP contribution in [0.3, 0.4) is 0 Å². The van der Waals surface area contributed by atoms with Gasteiger partial charge in [0.05, 0.1) is 25.9 Å². The molecule has 0 amide bonds. The second-order valence-corrected chi connectivity index (χ2v) is 6.25. The number of rotatable bonds is 2. The molecule has 2 aliphatic heterocycles. The van der Waals surface area contributed by atoms with Crippen molar-refractivity contribution in [2.75, 3.05) is 14.2 Å². The van der Waals surface area contributed by atoms with Gasteiger partial charge >= 0.3 is 11.9 Å². The summed E-state index contributed by atoms with van der Waals surface area (Å²) in [6.07, 6.45) is 5.00. The van der Waals surface area contributed by atoms with E-state index in [4.69, 9.17) is 14.2 Å². The molecular formula is C15H20O5. The number of hydrogen-bond donors (Lipinski definition) is 0. The zero-order valence-corrected chi connectivity index (χ0v) is 12.1. The lowest BCUT2D eigenvalue weighted by molar-refractivity contribution is -0.169. The topological polar surface area (TPSA) is 61.8 Å². The van der Waals surface area contributed by atoms with Crippen molar-refractivity contribution in [1.29, 1.82) is 0 Å². The van der Waals surface area contributed by atoms with Gasteiger partial charge in [0.2, 0.25) is 0 Å². The molecule has 5 heteroatoms. The quantitative estimate of drug-likeness (QED) is 0.437. The first-order valence-electron chi connectivity index (χ1n) is 7.00. The Labute approximate surface area is 118 Å². The Kier molecular flexibility index (Phi) is 2.94. The van der Waals surface area contributed by atoms with Crippen molar-refractivity contribution >= 4 is 11.9 Å². The highest BCUT2D eigenvalue weighted by atomic mass is 16.5. The summed E-state index contributed by atoms with van der Waals surface area (Å²) in [4.78, 5) is 24.4. The maximum Gasteiger partial charge on any atom is 0.323 e. The van der Waals surface area contributed by atoms with Crippen LogP contribution in [0.2, 0.25) is 0 Å². The van der Waals surface area contributed by atoms with Crippen LogP contribution < -0.4 is 0 Å². The number of ether oxygens (including phenoxy) is 3. The van der Waals surface area contributed by atoms with Gasteiger partial charge in [0.1, 0.15) is 0 Å². The van der Waals surface area contributed by atoms with E-state index in [0.29, 0.717) is 12.8 Å². The fourth-order valence-electron chi connectivity index (χ4n) is 4.10. The number of carbonyl (C=O) groups excluding carboxylic acids is 2. The van der Waals surface area contributed by atoms with Crippen LogP contribution in [-0.4, -0.2) is 37.9 Å². The summed E-state index contributed by atoms with van der Waals surface area (Å²) in [5, 5.41) is 0. The van der Waals surface area contributed by atoms with Crippen LogP contribution in [-0.2, 0) is 23.8 Å². The van der Waals surface area contributed by atoms with E-state index in [1.807, 2.05) is 0 Å². The minimum Gasteiger partial charge on any atom is -0.468 e.